The molecular formula is C23H21ClN4O3S. The lowest BCUT2D eigenvalue weighted by Gasteiger charge is -2.16. The van der Waals surface area contributed by atoms with Crippen LogP contribution in [0.3, 0.4) is 0 Å². The van der Waals surface area contributed by atoms with E-state index in [1.807, 2.05) is 47.0 Å². The molecule has 32 heavy (non-hydrogen) atoms. The minimum Gasteiger partial charge on any atom is -0.495 e. The third-order valence-corrected chi connectivity index (χ3v) is 5.99. The van der Waals surface area contributed by atoms with E-state index in [-0.39, 0.29) is 11.7 Å². The predicted octanol–water partition coefficient (Wildman–Crippen LogP) is 4.94. The summed E-state index contributed by atoms with van der Waals surface area (Å²) in [6.45, 7) is 0.405. The van der Waals surface area contributed by atoms with Gasteiger partial charge in [0.1, 0.15) is 11.5 Å². The second-order valence-electron chi connectivity index (χ2n) is 6.94. The molecule has 0 N–H and O–H groups in total. The van der Waals surface area contributed by atoms with E-state index in [2.05, 4.69) is 10.2 Å². The smallest absolute Gasteiger partial charge is 0.233 e. The number of hydrogen-bond donors (Lipinski definition) is 0. The Labute approximate surface area is 195 Å². The van der Waals surface area contributed by atoms with Crippen LogP contribution in [0, 0.1) is 0 Å². The summed E-state index contributed by atoms with van der Waals surface area (Å²) in [6.07, 6.45) is 1.59. The Morgan fingerprint density at radius 2 is 1.97 bits per heavy atom. The Hall–Kier alpha value is -3.23. The first-order valence-electron chi connectivity index (χ1n) is 9.80. The zero-order valence-electron chi connectivity index (χ0n) is 17.6. The molecule has 0 bridgehead atoms. The molecule has 0 atom stereocenters. The van der Waals surface area contributed by atoms with Crippen LogP contribution in [-0.4, -0.2) is 45.5 Å². The fraction of sp³-hybridized carbons (Fsp3) is 0.174. The zero-order chi connectivity index (χ0) is 22.5. The lowest BCUT2D eigenvalue weighted by Crippen LogP contribution is -2.27. The maximum absolute atomic E-state index is 12.7. The quantitative estimate of drug-likeness (QED) is 0.341. The van der Waals surface area contributed by atoms with E-state index in [0.717, 1.165) is 17.0 Å². The molecule has 0 saturated carbocycles. The topological polar surface area (TPSA) is 73.4 Å². The number of ether oxygens (including phenoxy) is 1. The summed E-state index contributed by atoms with van der Waals surface area (Å²) in [7, 11) is 3.32. The predicted molar refractivity (Wildman–Crippen MR) is 124 cm³/mol. The number of carbonyl (C=O) groups excluding carboxylic acids is 1. The maximum atomic E-state index is 12.7. The molecule has 0 spiro atoms. The van der Waals surface area contributed by atoms with E-state index in [0.29, 0.717) is 28.3 Å². The highest BCUT2D eigenvalue weighted by molar-refractivity contribution is 7.99. The standard InChI is InChI=1S/C23H21ClN4O3S/c1-27(14-18-9-6-12-31-18)21(29)15-32-23-26-25-22(16-7-4-3-5-8-16)28(23)17-10-11-20(30-2)19(24)13-17/h3-13H,14-15H2,1-2H3. The van der Waals surface area contributed by atoms with Crippen LogP contribution in [0.15, 0.2) is 76.5 Å². The molecule has 2 heterocycles. The molecule has 4 rings (SSSR count). The molecule has 0 fully saturated rings. The number of nitrogens with zero attached hydrogens (tertiary/aromatic N) is 4. The van der Waals surface area contributed by atoms with Crippen molar-refractivity contribution in [2.75, 3.05) is 19.9 Å². The van der Waals surface area contributed by atoms with Crippen molar-refractivity contribution < 1.29 is 13.9 Å². The first kappa shape index (κ1) is 22.0. The third kappa shape index (κ3) is 4.81. The van der Waals surface area contributed by atoms with Crippen molar-refractivity contribution in [1.82, 2.24) is 19.7 Å². The van der Waals surface area contributed by atoms with Gasteiger partial charge in [-0.25, -0.2) is 0 Å². The second kappa shape index (κ2) is 9.93. The number of benzene rings is 2. The average Bonchev–Trinajstić information content (AvgIpc) is 3.47. The number of aromatic nitrogens is 3. The number of carbonyl (C=O) groups is 1. The summed E-state index contributed by atoms with van der Waals surface area (Å²) in [5, 5.41) is 9.82. The minimum atomic E-state index is -0.0463. The summed E-state index contributed by atoms with van der Waals surface area (Å²) in [4.78, 5) is 14.3. The van der Waals surface area contributed by atoms with Gasteiger partial charge < -0.3 is 14.1 Å². The monoisotopic (exact) mass is 468 g/mol. The lowest BCUT2D eigenvalue weighted by molar-refractivity contribution is -0.127. The first-order valence-corrected chi connectivity index (χ1v) is 11.2. The van der Waals surface area contributed by atoms with Crippen molar-refractivity contribution in [2.45, 2.75) is 11.7 Å². The van der Waals surface area contributed by atoms with Crippen LogP contribution in [0.1, 0.15) is 5.76 Å². The maximum Gasteiger partial charge on any atom is 0.233 e. The van der Waals surface area contributed by atoms with Gasteiger partial charge in [-0.05, 0) is 30.3 Å². The molecule has 1 amide bonds. The van der Waals surface area contributed by atoms with E-state index >= 15 is 0 Å². The van der Waals surface area contributed by atoms with Gasteiger partial charge in [-0.15, -0.1) is 10.2 Å². The number of rotatable bonds is 8. The van der Waals surface area contributed by atoms with Crippen LogP contribution in [0.4, 0.5) is 0 Å². The Morgan fingerprint density at radius 1 is 1.16 bits per heavy atom. The molecule has 4 aromatic rings. The molecule has 0 saturated heterocycles. The zero-order valence-corrected chi connectivity index (χ0v) is 19.1. The van der Waals surface area contributed by atoms with Crippen LogP contribution in [-0.2, 0) is 11.3 Å². The summed E-state index contributed by atoms with van der Waals surface area (Å²) in [5.74, 6) is 2.12. The third-order valence-electron chi connectivity index (χ3n) is 4.78. The van der Waals surface area contributed by atoms with Crippen molar-refractivity contribution in [3.63, 3.8) is 0 Å². The van der Waals surface area contributed by atoms with Crippen molar-refractivity contribution in [1.29, 1.82) is 0 Å². The van der Waals surface area contributed by atoms with Gasteiger partial charge in [0.15, 0.2) is 11.0 Å². The van der Waals surface area contributed by atoms with Crippen LogP contribution < -0.4 is 4.74 Å². The first-order chi connectivity index (χ1) is 15.6. The number of halogens is 1. The highest BCUT2D eigenvalue weighted by Crippen LogP contribution is 2.32. The normalized spacial score (nSPS) is 10.8. The fourth-order valence-corrected chi connectivity index (χ4v) is 4.27. The van der Waals surface area contributed by atoms with E-state index in [1.165, 1.54) is 11.8 Å². The lowest BCUT2D eigenvalue weighted by atomic mass is 10.2. The Morgan fingerprint density at radius 3 is 2.66 bits per heavy atom. The van der Waals surface area contributed by atoms with Gasteiger partial charge >= 0.3 is 0 Å². The molecule has 9 heteroatoms. The van der Waals surface area contributed by atoms with Crippen LogP contribution in [0.25, 0.3) is 17.1 Å². The molecule has 0 aliphatic carbocycles. The number of methoxy groups -OCH3 is 1. The van der Waals surface area contributed by atoms with Crippen molar-refractivity contribution >= 4 is 29.3 Å². The van der Waals surface area contributed by atoms with Crippen molar-refractivity contribution in [3.8, 4) is 22.8 Å². The van der Waals surface area contributed by atoms with Gasteiger partial charge in [0.25, 0.3) is 0 Å². The second-order valence-corrected chi connectivity index (χ2v) is 8.29. The van der Waals surface area contributed by atoms with Gasteiger partial charge in [-0.1, -0.05) is 53.7 Å². The highest BCUT2D eigenvalue weighted by Gasteiger charge is 2.19. The fourth-order valence-electron chi connectivity index (χ4n) is 3.13. The Bertz CT molecular complexity index is 1200. The van der Waals surface area contributed by atoms with Crippen molar-refractivity contribution in [3.05, 3.63) is 77.7 Å². The molecule has 2 aromatic heterocycles. The molecule has 164 valence electrons. The average molecular weight is 469 g/mol. The summed E-state index contributed by atoms with van der Waals surface area (Å²) in [5.41, 5.74) is 1.68. The van der Waals surface area contributed by atoms with Gasteiger partial charge in [0, 0.05) is 12.6 Å². The van der Waals surface area contributed by atoms with Crippen LogP contribution in [0.2, 0.25) is 5.02 Å². The van der Waals surface area contributed by atoms with Crippen LogP contribution in [0.5, 0.6) is 5.75 Å². The van der Waals surface area contributed by atoms with Gasteiger partial charge in [-0.2, -0.15) is 0 Å². The Balaban J connectivity index is 1.61. The molecule has 2 aromatic carbocycles. The molecular weight excluding hydrogens is 448 g/mol. The molecule has 7 nitrogen and oxygen atoms in total. The number of amides is 1. The van der Waals surface area contributed by atoms with Gasteiger partial charge in [0.2, 0.25) is 5.91 Å². The molecule has 0 aliphatic heterocycles. The summed E-state index contributed by atoms with van der Waals surface area (Å²) >= 11 is 7.69. The molecule has 0 radical (unpaired) electrons. The highest BCUT2D eigenvalue weighted by atomic mass is 35.5. The summed E-state index contributed by atoms with van der Waals surface area (Å²) < 4.78 is 12.5. The Kier molecular flexibility index (Phi) is 6.82. The number of hydrogen-bond acceptors (Lipinski definition) is 6. The van der Waals surface area contributed by atoms with E-state index in [1.54, 1.807) is 43.5 Å². The van der Waals surface area contributed by atoms with Crippen molar-refractivity contribution in [2.24, 2.45) is 0 Å². The number of furan rings is 1. The van der Waals surface area contributed by atoms with E-state index < -0.39 is 0 Å². The van der Waals surface area contributed by atoms with Gasteiger partial charge in [-0.3, -0.25) is 9.36 Å². The van der Waals surface area contributed by atoms with Crippen LogP contribution >= 0.6 is 23.4 Å². The summed E-state index contributed by atoms with van der Waals surface area (Å²) in [6, 6.07) is 18.9. The van der Waals surface area contributed by atoms with E-state index in [4.69, 9.17) is 20.8 Å². The largest absolute Gasteiger partial charge is 0.495 e. The van der Waals surface area contributed by atoms with Gasteiger partial charge in [0.05, 0.1) is 36.4 Å². The molecule has 0 aliphatic rings. The minimum absolute atomic E-state index is 0.0463. The SMILES string of the molecule is COc1ccc(-n2c(SCC(=O)N(C)Cc3ccco3)nnc2-c2ccccc2)cc1Cl. The molecule has 0 unspecified atom stereocenters. The van der Waals surface area contributed by atoms with E-state index in [9.17, 15) is 4.79 Å². The number of thioether (sulfide) groups is 1.